The maximum Gasteiger partial charge on any atom is 0.195 e. The van der Waals surface area contributed by atoms with E-state index < -0.39 is 8.32 Å². The van der Waals surface area contributed by atoms with Crippen molar-refractivity contribution in [1.82, 2.24) is 0 Å². The molecule has 0 aromatic rings. The van der Waals surface area contributed by atoms with Crippen LogP contribution in [0.5, 0.6) is 0 Å². The second kappa shape index (κ2) is 10.6. The van der Waals surface area contributed by atoms with E-state index in [4.69, 9.17) is 9.16 Å². The minimum atomic E-state index is -1.86. The summed E-state index contributed by atoms with van der Waals surface area (Å²) in [5.41, 5.74) is 2.77. The minimum absolute atomic E-state index is 0.0168. The number of alkyl halides is 1. The Hall–Kier alpha value is 0.347. The summed E-state index contributed by atoms with van der Waals surface area (Å²) in [6, 6.07) is 0. The first-order valence-electron chi connectivity index (χ1n) is 9.50. The van der Waals surface area contributed by atoms with Crippen molar-refractivity contribution in [3.63, 3.8) is 0 Å². The molecular weight excluding hydrogens is 439 g/mol. The van der Waals surface area contributed by atoms with E-state index in [1.807, 2.05) is 0 Å². The van der Waals surface area contributed by atoms with E-state index in [2.05, 4.69) is 103 Å². The number of ether oxygens (including phenoxy) is 1. The van der Waals surface area contributed by atoms with Crippen molar-refractivity contribution >= 4 is 30.9 Å². The Morgan fingerprint density at radius 2 is 1.64 bits per heavy atom. The van der Waals surface area contributed by atoms with Crippen LogP contribution in [0.2, 0.25) is 18.1 Å². The van der Waals surface area contributed by atoms with Crippen molar-refractivity contribution in [3.8, 4) is 0 Å². The highest BCUT2D eigenvalue weighted by Crippen LogP contribution is 2.40. The van der Waals surface area contributed by atoms with Gasteiger partial charge in [-0.3, -0.25) is 0 Å². The molecule has 0 aliphatic carbocycles. The van der Waals surface area contributed by atoms with E-state index in [0.717, 1.165) is 19.3 Å². The molecule has 0 bridgehead atoms. The van der Waals surface area contributed by atoms with Crippen LogP contribution in [0.4, 0.5) is 0 Å². The Morgan fingerprint density at radius 3 is 2.08 bits per heavy atom. The lowest BCUT2D eigenvalue weighted by atomic mass is 10.1. The molecular formula is C21H41IO2Si. The third-order valence-electron chi connectivity index (χ3n) is 5.16. The van der Waals surface area contributed by atoms with Crippen LogP contribution in [0, 0.1) is 0 Å². The van der Waals surface area contributed by atoms with Gasteiger partial charge in [0.1, 0.15) is 0 Å². The van der Waals surface area contributed by atoms with E-state index in [0.29, 0.717) is 6.61 Å². The maximum atomic E-state index is 6.62. The lowest BCUT2D eigenvalue weighted by molar-refractivity contribution is -0.0953. The maximum absolute atomic E-state index is 6.62. The van der Waals surface area contributed by atoms with Crippen LogP contribution in [0.25, 0.3) is 0 Å². The fourth-order valence-electron chi connectivity index (χ4n) is 1.91. The first-order valence-corrected chi connectivity index (χ1v) is 13.5. The molecule has 0 aliphatic heterocycles. The van der Waals surface area contributed by atoms with Crippen molar-refractivity contribution in [2.24, 2.45) is 0 Å². The van der Waals surface area contributed by atoms with Gasteiger partial charge >= 0.3 is 0 Å². The molecule has 2 nitrogen and oxygen atoms in total. The Balaban J connectivity index is 4.91. The SMILES string of the molecule is CC[C@](C)(I)[C@@H](OC/C=C(\C)CCC=C(C)C)O[Si](C)(C)C(C)(C)C. The molecule has 25 heavy (non-hydrogen) atoms. The van der Waals surface area contributed by atoms with Gasteiger partial charge in [0.05, 0.1) is 10.0 Å². The Bertz CT molecular complexity index is 455. The van der Waals surface area contributed by atoms with Crippen molar-refractivity contribution in [2.75, 3.05) is 6.61 Å². The predicted molar refractivity (Wildman–Crippen MR) is 123 cm³/mol. The zero-order valence-corrected chi connectivity index (χ0v) is 21.4. The fraction of sp³-hybridized carbons (Fsp3) is 0.810. The molecule has 0 saturated heterocycles. The number of halogens is 1. The monoisotopic (exact) mass is 480 g/mol. The molecule has 0 fully saturated rings. The second-order valence-corrected chi connectivity index (χ2v) is 16.3. The Kier molecular flexibility index (Phi) is 10.8. The molecule has 0 N–H and O–H groups in total. The lowest BCUT2D eigenvalue weighted by Gasteiger charge is -2.42. The van der Waals surface area contributed by atoms with Gasteiger partial charge in [-0.1, -0.05) is 73.6 Å². The van der Waals surface area contributed by atoms with Crippen LogP contribution in [-0.4, -0.2) is 24.6 Å². The second-order valence-electron chi connectivity index (χ2n) is 9.05. The van der Waals surface area contributed by atoms with E-state index in [1.54, 1.807) is 0 Å². The minimum Gasteiger partial charge on any atom is -0.391 e. The highest BCUT2D eigenvalue weighted by atomic mass is 127. The van der Waals surface area contributed by atoms with Gasteiger partial charge in [-0.05, 0) is 65.1 Å². The number of allylic oxidation sites excluding steroid dienone is 3. The van der Waals surface area contributed by atoms with Gasteiger partial charge in [0.25, 0.3) is 0 Å². The van der Waals surface area contributed by atoms with Crippen LogP contribution in [-0.2, 0) is 9.16 Å². The topological polar surface area (TPSA) is 18.5 Å². The smallest absolute Gasteiger partial charge is 0.195 e. The molecule has 0 rings (SSSR count). The Morgan fingerprint density at radius 1 is 1.08 bits per heavy atom. The summed E-state index contributed by atoms with van der Waals surface area (Å²) in [5.74, 6) is 0. The summed E-state index contributed by atoms with van der Waals surface area (Å²) in [6.45, 7) is 23.0. The quantitative estimate of drug-likeness (QED) is 0.105. The highest BCUT2D eigenvalue weighted by Gasteiger charge is 2.43. The molecule has 0 unspecified atom stereocenters. The third kappa shape index (κ3) is 9.73. The van der Waals surface area contributed by atoms with E-state index >= 15 is 0 Å². The molecule has 4 heteroatoms. The molecule has 2 atom stereocenters. The lowest BCUT2D eigenvalue weighted by Crippen LogP contribution is -2.50. The van der Waals surface area contributed by atoms with Gasteiger partial charge in [0, 0.05) is 0 Å². The van der Waals surface area contributed by atoms with Crippen LogP contribution < -0.4 is 0 Å². The normalized spacial score (nSPS) is 17.2. The third-order valence-corrected chi connectivity index (χ3v) is 10.8. The summed E-state index contributed by atoms with van der Waals surface area (Å²) in [4.78, 5) is 0. The first kappa shape index (κ1) is 25.3. The van der Waals surface area contributed by atoms with Crippen molar-refractivity contribution in [3.05, 3.63) is 23.3 Å². The van der Waals surface area contributed by atoms with Gasteiger partial charge in [0.2, 0.25) is 0 Å². The average Bonchev–Trinajstić information content (AvgIpc) is 2.44. The summed E-state index contributed by atoms with van der Waals surface area (Å²) in [5, 5.41) is 0.186. The fourth-order valence-corrected chi connectivity index (χ4v) is 3.67. The van der Waals surface area contributed by atoms with Crippen LogP contribution in [0.3, 0.4) is 0 Å². The molecule has 0 spiro atoms. The van der Waals surface area contributed by atoms with Gasteiger partial charge in [0.15, 0.2) is 14.6 Å². The van der Waals surface area contributed by atoms with E-state index in [1.165, 1.54) is 11.1 Å². The molecule has 0 amide bonds. The summed E-state index contributed by atoms with van der Waals surface area (Å²) in [7, 11) is -1.86. The van der Waals surface area contributed by atoms with E-state index in [-0.39, 0.29) is 14.8 Å². The van der Waals surface area contributed by atoms with Crippen molar-refractivity contribution in [1.29, 1.82) is 0 Å². The van der Waals surface area contributed by atoms with Crippen LogP contribution in [0.15, 0.2) is 23.3 Å². The van der Waals surface area contributed by atoms with Crippen molar-refractivity contribution < 1.29 is 9.16 Å². The van der Waals surface area contributed by atoms with Gasteiger partial charge < -0.3 is 9.16 Å². The number of rotatable bonds is 10. The summed E-state index contributed by atoms with van der Waals surface area (Å²) >= 11 is 2.50. The summed E-state index contributed by atoms with van der Waals surface area (Å²) < 4.78 is 12.8. The average molecular weight is 481 g/mol. The van der Waals surface area contributed by atoms with Crippen LogP contribution >= 0.6 is 22.6 Å². The molecule has 0 saturated carbocycles. The number of hydrogen-bond acceptors (Lipinski definition) is 2. The zero-order chi connectivity index (χ0) is 19.9. The van der Waals surface area contributed by atoms with Gasteiger partial charge in [-0.2, -0.15) is 0 Å². The first-order chi connectivity index (χ1) is 11.2. The standard InChI is InChI=1S/C21H41IO2Si/c1-11-21(8,22)19(24-25(9,10)20(5,6)7)23-16-15-18(4)14-12-13-17(2)3/h13,15,19H,11-12,14,16H2,1-10H3/b18-15+/t19-,21-/m0/s1. The highest BCUT2D eigenvalue weighted by molar-refractivity contribution is 14.1. The molecule has 148 valence electrons. The molecule has 0 heterocycles. The molecule has 0 aliphatic rings. The zero-order valence-electron chi connectivity index (χ0n) is 18.3. The Labute approximate surface area is 172 Å². The van der Waals surface area contributed by atoms with Gasteiger partial charge in [-0.25, -0.2) is 0 Å². The van der Waals surface area contributed by atoms with Gasteiger partial charge in [-0.15, -0.1) is 0 Å². The number of hydrogen-bond donors (Lipinski definition) is 0. The summed E-state index contributed by atoms with van der Waals surface area (Å²) in [6.07, 6.45) is 7.56. The predicted octanol–water partition coefficient (Wildman–Crippen LogP) is 7.65. The molecule has 0 aromatic heterocycles. The van der Waals surface area contributed by atoms with E-state index in [9.17, 15) is 0 Å². The molecule has 0 radical (unpaired) electrons. The largest absolute Gasteiger partial charge is 0.391 e. The molecule has 0 aromatic carbocycles. The van der Waals surface area contributed by atoms with Crippen LogP contribution in [0.1, 0.15) is 74.7 Å². The van der Waals surface area contributed by atoms with Crippen molar-refractivity contribution in [2.45, 2.75) is 102 Å².